The topological polar surface area (TPSA) is 49.0 Å². The highest BCUT2D eigenvalue weighted by Gasteiger charge is 2.40. The van der Waals surface area contributed by atoms with Crippen LogP contribution in [0.4, 0.5) is 0 Å². The Morgan fingerprint density at radius 2 is 1.84 bits per heavy atom. The van der Waals surface area contributed by atoms with Crippen LogP contribution in [-0.4, -0.2) is 40.1 Å². The largest absolute Gasteiger partial charge is 0.496 e. The van der Waals surface area contributed by atoms with Crippen molar-refractivity contribution in [3.63, 3.8) is 0 Å². The molecule has 5 nitrogen and oxygen atoms in total. The van der Waals surface area contributed by atoms with Gasteiger partial charge in [-0.1, -0.05) is 38.1 Å². The van der Waals surface area contributed by atoms with Crippen molar-refractivity contribution in [1.29, 1.82) is 0 Å². The van der Waals surface area contributed by atoms with Crippen molar-refractivity contribution >= 4 is 0 Å². The van der Waals surface area contributed by atoms with E-state index in [0.717, 1.165) is 56.2 Å². The summed E-state index contributed by atoms with van der Waals surface area (Å²) < 4.78 is 23.0. The van der Waals surface area contributed by atoms with Crippen LogP contribution in [0, 0.1) is 5.92 Å². The second-order valence-corrected chi connectivity index (χ2v) is 8.93. The summed E-state index contributed by atoms with van der Waals surface area (Å²) in [6.07, 6.45) is 3.33. The van der Waals surface area contributed by atoms with Gasteiger partial charge in [0.2, 0.25) is 0 Å². The zero-order chi connectivity index (χ0) is 23.0. The van der Waals surface area contributed by atoms with E-state index in [4.69, 9.17) is 18.9 Å². The molecule has 176 valence electrons. The van der Waals surface area contributed by atoms with Crippen LogP contribution in [0.15, 0.2) is 42.5 Å². The van der Waals surface area contributed by atoms with E-state index in [-0.39, 0.29) is 11.5 Å². The van der Waals surface area contributed by atoms with Gasteiger partial charge in [0.1, 0.15) is 5.75 Å². The summed E-state index contributed by atoms with van der Waals surface area (Å²) in [7, 11) is 3.45. The molecule has 32 heavy (non-hydrogen) atoms. The standard InChI is InChI=1S/C27H39NO4/c1-6-31-24-12-11-21(17-25(24)30-5)19-28-15-13-27(14-16-32-26(18-27)20(2)3)22-9-7-8-10-23(22)29-4/h7-12,17,20,26,28H,6,13-16,18-19H2,1-5H3. The first kappa shape index (κ1) is 24.4. The highest BCUT2D eigenvalue weighted by Crippen LogP contribution is 2.45. The third-order valence-corrected chi connectivity index (χ3v) is 6.56. The Kier molecular flexibility index (Phi) is 8.83. The van der Waals surface area contributed by atoms with Gasteiger partial charge in [0, 0.05) is 24.1 Å². The maximum Gasteiger partial charge on any atom is 0.161 e. The molecule has 0 spiro atoms. The molecular weight excluding hydrogens is 402 g/mol. The Morgan fingerprint density at radius 3 is 2.56 bits per heavy atom. The van der Waals surface area contributed by atoms with Gasteiger partial charge in [-0.2, -0.15) is 0 Å². The minimum Gasteiger partial charge on any atom is -0.496 e. The van der Waals surface area contributed by atoms with Crippen molar-refractivity contribution in [2.45, 2.75) is 58.1 Å². The monoisotopic (exact) mass is 441 g/mol. The molecule has 3 rings (SSSR count). The third kappa shape index (κ3) is 5.76. The van der Waals surface area contributed by atoms with Crippen LogP contribution in [0.1, 0.15) is 51.2 Å². The normalized spacial score (nSPS) is 20.9. The minimum absolute atomic E-state index is 0.0449. The molecule has 0 aromatic heterocycles. The number of rotatable bonds is 11. The SMILES string of the molecule is CCOc1ccc(CNCCC2(c3ccccc3OC)CCOC(C(C)C)C2)cc1OC. The smallest absolute Gasteiger partial charge is 0.161 e. The molecule has 5 heteroatoms. The number of hydrogen-bond acceptors (Lipinski definition) is 5. The number of para-hydroxylation sites is 1. The molecule has 1 aliphatic heterocycles. The van der Waals surface area contributed by atoms with E-state index in [9.17, 15) is 0 Å². The summed E-state index contributed by atoms with van der Waals surface area (Å²) in [4.78, 5) is 0. The zero-order valence-corrected chi connectivity index (χ0v) is 20.3. The zero-order valence-electron chi connectivity index (χ0n) is 20.3. The summed E-state index contributed by atoms with van der Waals surface area (Å²) in [5.41, 5.74) is 2.54. The fourth-order valence-corrected chi connectivity index (χ4v) is 4.73. The van der Waals surface area contributed by atoms with Crippen molar-refractivity contribution in [1.82, 2.24) is 5.32 Å². The number of methoxy groups -OCH3 is 2. The van der Waals surface area contributed by atoms with Crippen molar-refractivity contribution < 1.29 is 18.9 Å². The summed E-state index contributed by atoms with van der Waals surface area (Å²) in [5, 5.41) is 3.65. The number of benzene rings is 2. The Hall–Kier alpha value is -2.24. The highest BCUT2D eigenvalue weighted by atomic mass is 16.5. The van der Waals surface area contributed by atoms with Crippen LogP contribution < -0.4 is 19.5 Å². The van der Waals surface area contributed by atoms with E-state index in [0.29, 0.717) is 12.5 Å². The molecule has 1 aliphatic rings. The predicted octanol–water partition coefficient (Wildman–Crippen LogP) is 5.36. The van der Waals surface area contributed by atoms with Crippen LogP contribution >= 0.6 is 0 Å². The van der Waals surface area contributed by atoms with Crippen LogP contribution in [-0.2, 0) is 16.7 Å². The van der Waals surface area contributed by atoms with Gasteiger partial charge in [0.05, 0.1) is 26.9 Å². The first-order valence-electron chi connectivity index (χ1n) is 11.8. The molecule has 2 unspecified atom stereocenters. The average molecular weight is 442 g/mol. The quantitative estimate of drug-likeness (QED) is 0.476. The lowest BCUT2D eigenvalue weighted by Gasteiger charge is -2.43. The van der Waals surface area contributed by atoms with Gasteiger partial charge in [-0.05, 0) is 62.4 Å². The molecule has 2 atom stereocenters. The van der Waals surface area contributed by atoms with E-state index in [1.807, 2.05) is 19.1 Å². The number of nitrogens with one attached hydrogen (secondary N) is 1. The summed E-state index contributed by atoms with van der Waals surface area (Å²) in [6, 6.07) is 14.6. The fourth-order valence-electron chi connectivity index (χ4n) is 4.73. The average Bonchev–Trinajstić information content (AvgIpc) is 2.82. The van der Waals surface area contributed by atoms with Gasteiger partial charge in [0.15, 0.2) is 11.5 Å². The second-order valence-electron chi connectivity index (χ2n) is 8.93. The molecule has 0 aliphatic carbocycles. The maximum atomic E-state index is 6.13. The first-order chi connectivity index (χ1) is 15.5. The summed E-state index contributed by atoms with van der Waals surface area (Å²) in [5.74, 6) is 3.04. The van der Waals surface area contributed by atoms with E-state index in [2.05, 4.69) is 49.5 Å². The van der Waals surface area contributed by atoms with Gasteiger partial charge in [0.25, 0.3) is 0 Å². The molecule has 1 N–H and O–H groups in total. The minimum atomic E-state index is 0.0449. The van der Waals surface area contributed by atoms with Crippen LogP contribution in [0.25, 0.3) is 0 Å². The Morgan fingerprint density at radius 1 is 1.06 bits per heavy atom. The highest BCUT2D eigenvalue weighted by molar-refractivity contribution is 5.43. The van der Waals surface area contributed by atoms with Gasteiger partial charge in [-0.3, -0.25) is 0 Å². The molecule has 1 heterocycles. The Balaban J connectivity index is 1.71. The molecule has 1 fully saturated rings. The van der Waals surface area contributed by atoms with Gasteiger partial charge in [-0.25, -0.2) is 0 Å². The van der Waals surface area contributed by atoms with Crippen LogP contribution in [0.2, 0.25) is 0 Å². The third-order valence-electron chi connectivity index (χ3n) is 6.56. The van der Waals surface area contributed by atoms with Gasteiger partial charge < -0.3 is 24.3 Å². The van der Waals surface area contributed by atoms with Gasteiger partial charge >= 0.3 is 0 Å². The number of hydrogen-bond donors (Lipinski definition) is 1. The molecule has 2 aromatic carbocycles. The second kappa shape index (κ2) is 11.6. The molecule has 0 saturated carbocycles. The van der Waals surface area contributed by atoms with Crippen molar-refractivity contribution in [2.75, 3.05) is 34.0 Å². The lowest BCUT2D eigenvalue weighted by Crippen LogP contribution is -2.42. The molecular formula is C27H39NO4. The molecule has 0 radical (unpaired) electrons. The maximum absolute atomic E-state index is 6.13. The van der Waals surface area contributed by atoms with E-state index in [1.165, 1.54) is 11.1 Å². The van der Waals surface area contributed by atoms with Gasteiger partial charge in [-0.15, -0.1) is 0 Å². The Bertz CT molecular complexity index is 853. The predicted molar refractivity (Wildman–Crippen MR) is 129 cm³/mol. The van der Waals surface area contributed by atoms with Crippen LogP contribution in [0.3, 0.4) is 0 Å². The molecule has 0 amide bonds. The van der Waals surface area contributed by atoms with Crippen molar-refractivity contribution in [2.24, 2.45) is 5.92 Å². The van der Waals surface area contributed by atoms with E-state index >= 15 is 0 Å². The van der Waals surface area contributed by atoms with Crippen molar-refractivity contribution in [3.05, 3.63) is 53.6 Å². The van der Waals surface area contributed by atoms with Crippen molar-refractivity contribution in [3.8, 4) is 17.2 Å². The molecule has 2 aromatic rings. The molecule has 0 bridgehead atoms. The lowest BCUT2D eigenvalue weighted by molar-refractivity contribution is -0.0473. The van der Waals surface area contributed by atoms with E-state index in [1.54, 1.807) is 14.2 Å². The number of ether oxygens (including phenoxy) is 4. The first-order valence-corrected chi connectivity index (χ1v) is 11.8. The Labute approximate surface area is 193 Å². The van der Waals surface area contributed by atoms with E-state index < -0.39 is 0 Å². The molecule has 1 saturated heterocycles. The lowest BCUT2D eigenvalue weighted by atomic mass is 9.68. The summed E-state index contributed by atoms with van der Waals surface area (Å²) in [6.45, 7) is 9.60. The fraction of sp³-hybridized carbons (Fsp3) is 0.556. The van der Waals surface area contributed by atoms with Crippen LogP contribution in [0.5, 0.6) is 17.2 Å². The summed E-state index contributed by atoms with van der Waals surface area (Å²) >= 11 is 0.